The Morgan fingerprint density at radius 2 is 2.22 bits per heavy atom. The topological polar surface area (TPSA) is 97.1 Å². The maximum absolute atomic E-state index is 11.6. The summed E-state index contributed by atoms with van der Waals surface area (Å²) in [6.07, 6.45) is 5.21. The van der Waals surface area contributed by atoms with Gasteiger partial charge in [0, 0.05) is 6.04 Å². The molecule has 0 aliphatic heterocycles. The fraction of sp³-hybridized carbons (Fsp3) is 0.800. The third-order valence-corrected chi connectivity index (χ3v) is 4.12. The van der Waals surface area contributed by atoms with E-state index < -0.39 is 10.0 Å². The van der Waals surface area contributed by atoms with Crippen LogP contribution < -0.4 is 10.0 Å². The van der Waals surface area contributed by atoms with Gasteiger partial charge in [0.25, 0.3) is 0 Å². The number of hydrogen-bond donors (Lipinski definition) is 2. The van der Waals surface area contributed by atoms with Crippen LogP contribution in [-0.4, -0.2) is 36.9 Å². The van der Waals surface area contributed by atoms with Crippen molar-refractivity contribution >= 4 is 10.0 Å². The zero-order chi connectivity index (χ0) is 12.8. The monoisotopic (exact) mass is 274 g/mol. The van der Waals surface area contributed by atoms with E-state index >= 15 is 0 Å². The van der Waals surface area contributed by atoms with Gasteiger partial charge in [-0.2, -0.15) is 4.98 Å². The van der Waals surface area contributed by atoms with Crippen molar-refractivity contribution in [1.29, 1.82) is 0 Å². The molecule has 1 fully saturated rings. The van der Waals surface area contributed by atoms with E-state index in [9.17, 15) is 8.42 Å². The first-order valence-corrected chi connectivity index (χ1v) is 7.77. The average molecular weight is 274 g/mol. The summed E-state index contributed by atoms with van der Waals surface area (Å²) in [5.41, 5.74) is 0. The molecule has 1 saturated carbocycles. The van der Waals surface area contributed by atoms with E-state index in [0.29, 0.717) is 18.3 Å². The van der Waals surface area contributed by atoms with Gasteiger partial charge in [0.05, 0.1) is 12.3 Å². The lowest BCUT2D eigenvalue weighted by molar-refractivity contribution is 0.409. The lowest BCUT2D eigenvalue weighted by atomic mass is 10.3. The van der Waals surface area contributed by atoms with E-state index in [-0.39, 0.29) is 12.3 Å². The molecule has 7 nitrogen and oxygen atoms in total. The molecule has 0 saturated heterocycles. The largest absolute Gasteiger partial charge is 0.343 e. The van der Waals surface area contributed by atoms with E-state index in [1.807, 2.05) is 0 Å². The number of nitrogens with one attached hydrogen (secondary N) is 2. The van der Waals surface area contributed by atoms with Gasteiger partial charge in [0.2, 0.25) is 16.4 Å². The minimum atomic E-state index is -3.24. The highest BCUT2D eigenvalue weighted by Gasteiger charge is 2.19. The van der Waals surface area contributed by atoms with Crippen molar-refractivity contribution in [3.63, 3.8) is 0 Å². The van der Waals surface area contributed by atoms with Gasteiger partial charge in [-0.3, -0.25) is 0 Å². The number of sulfonamides is 1. The van der Waals surface area contributed by atoms with Gasteiger partial charge in [-0.1, -0.05) is 5.16 Å². The van der Waals surface area contributed by atoms with Crippen molar-refractivity contribution in [1.82, 2.24) is 20.2 Å². The van der Waals surface area contributed by atoms with Gasteiger partial charge in [-0.25, -0.2) is 13.1 Å². The average Bonchev–Trinajstić information content (AvgIpc) is 3.00. The van der Waals surface area contributed by atoms with E-state index in [1.165, 1.54) is 19.2 Å². The normalized spacial score (nSPS) is 16.0. The summed E-state index contributed by atoms with van der Waals surface area (Å²) in [6, 6.07) is 0.679. The van der Waals surface area contributed by atoms with Crippen LogP contribution >= 0.6 is 0 Å². The van der Waals surface area contributed by atoms with E-state index in [2.05, 4.69) is 24.7 Å². The molecule has 0 bridgehead atoms. The van der Waals surface area contributed by atoms with Gasteiger partial charge in [0.15, 0.2) is 5.82 Å². The van der Waals surface area contributed by atoms with Crippen LogP contribution in [0.25, 0.3) is 0 Å². The fourth-order valence-electron chi connectivity index (χ4n) is 1.53. The van der Waals surface area contributed by atoms with E-state index in [0.717, 1.165) is 13.0 Å². The molecule has 102 valence electrons. The van der Waals surface area contributed by atoms with Crippen molar-refractivity contribution in [3.05, 3.63) is 12.2 Å². The number of unbranched alkanes of at least 4 members (excludes halogenated alkanes) is 1. The lowest BCUT2D eigenvalue weighted by Crippen LogP contribution is -2.27. The highest BCUT2D eigenvalue weighted by Crippen LogP contribution is 2.18. The molecule has 0 spiro atoms. The Labute approximate surface area is 106 Å². The second-order valence-corrected chi connectivity index (χ2v) is 6.35. The lowest BCUT2D eigenvalue weighted by Gasteiger charge is -2.05. The zero-order valence-corrected chi connectivity index (χ0v) is 10.9. The maximum atomic E-state index is 11.6. The van der Waals surface area contributed by atoms with Crippen molar-refractivity contribution < 1.29 is 12.9 Å². The molecule has 0 atom stereocenters. The summed E-state index contributed by atoms with van der Waals surface area (Å²) in [5.74, 6) is 0.478. The Hall–Kier alpha value is -0.990. The number of nitrogens with zero attached hydrogens (tertiary/aromatic N) is 2. The molecule has 0 radical (unpaired) electrons. The number of hydrogen-bond acceptors (Lipinski definition) is 6. The third-order valence-electron chi connectivity index (χ3n) is 2.71. The third kappa shape index (κ3) is 5.11. The quantitative estimate of drug-likeness (QED) is 0.616. The van der Waals surface area contributed by atoms with Crippen LogP contribution in [0.5, 0.6) is 0 Å². The van der Waals surface area contributed by atoms with Gasteiger partial charge < -0.3 is 9.84 Å². The van der Waals surface area contributed by atoms with Gasteiger partial charge in [-0.15, -0.1) is 0 Å². The second kappa shape index (κ2) is 6.26. The van der Waals surface area contributed by atoms with Crippen LogP contribution in [0.2, 0.25) is 0 Å². The Kier molecular flexibility index (Phi) is 4.67. The summed E-state index contributed by atoms with van der Waals surface area (Å²) in [6.45, 7) is 0.976. The van der Waals surface area contributed by atoms with Gasteiger partial charge >= 0.3 is 0 Å². The van der Waals surface area contributed by atoms with Crippen LogP contribution in [0.15, 0.2) is 10.9 Å². The highest BCUT2D eigenvalue weighted by atomic mass is 32.2. The molecular formula is C10H18N4O3S. The zero-order valence-electron chi connectivity index (χ0n) is 10.1. The molecule has 1 aromatic heterocycles. The molecule has 18 heavy (non-hydrogen) atoms. The van der Waals surface area contributed by atoms with Crippen molar-refractivity contribution in [2.24, 2.45) is 0 Å². The molecule has 8 heteroatoms. The van der Waals surface area contributed by atoms with Crippen LogP contribution in [-0.2, 0) is 16.6 Å². The van der Waals surface area contributed by atoms with Crippen molar-refractivity contribution in [2.45, 2.75) is 38.3 Å². The predicted molar refractivity (Wildman–Crippen MR) is 65.2 cm³/mol. The van der Waals surface area contributed by atoms with Crippen LogP contribution in [0.4, 0.5) is 0 Å². The van der Waals surface area contributed by atoms with Gasteiger partial charge in [0.1, 0.15) is 0 Å². The number of aromatic nitrogens is 2. The molecule has 1 heterocycles. The first-order valence-electron chi connectivity index (χ1n) is 6.12. The molecule has 2 rings (SSSR count). The SMILES string of the molecule is O=S(=O)(CCCCNC1CC1)NCc1ncon1. The van der Waals surface area contributed by atoms with Crippen molar-refractivity contribution in [2.75, 3.05) is 12.3 Å². The fourth-order valence-corrected chi connectivity index (χ4v) is 2.61. The number of rotatable bonds is 9. The summed E-state index contributed by atoms with van der Waals surface area (Å²) in [7, 11) is -3.24. The predicted octanol–water partition coefficient (Wildman–Crippen LogP) is 0.0212. The minimum absolute atomic E-state index is 0.0825. The molecule has 0 aromatic carbocycles. The summed E-state index contributed by atoms with van der Waals surface area (Å²) in [5, 5.41) is 6.88. The van der Waals surface area contributed by atoms with E-state index in [4.69, 9.17) is 0 Å². The summed E-state index contributed by atoms with van der Waals surface area (Å²) in [4.78, 5) is 3.74. The first kappa shape index (κ1) is 13.4. The molecule has 1 aromatic rings. The minimum Gasteiger partial charge on any atom is -0.343 e. The van der Waals surface area contributed by atoms with Gasteiger partial charge in [-0.05, 0) is 32.2 Å². The van der Waals surface area contributed by atoms with Crippen LogP contribution in [0.3, 0.4) is 0 Å². The Balaban J connectivity index is 1.57. The molecule has 0 unspecified atom stereocenters. The molecule has 1 aliphatic carbocycles. The first-order chi connectivity index (χ1) is 8.66. The standard InChI is InChI=1S/C10H18N4O3S/c15-18(16,13-7-10-12-8-17-14-10)6-2-1-5-11-9-3-4-9/h8-9,11,13H,1-7H2. The van der Waals surface area contributed by atoms with Crippen LogP contribution in [0.1, 0.15) is 31.5 Å². The Bertz CT molecular complexity index is 442. The maximum Gasteiger partial charge on any atom is 0.213 e. The molecule has 1 aliphatic rings. The molecule has 0 amide bonds. The Morgan fingerprint density at radius 1 is 1.39 bits per heavy atom. The van der Waals surface area contributed by atoms with Crippen molar-refractivity contribution in [3.8, 4) is 0 Å². The molecular weight excluding hydrogens is 256 g/mol. The summed E-state index contributed by atoms with van der Waals surface area (Å²) >= 11 is 0. The second-order valence-electron chi connectivity index (χ2n) is 4.42. The van der Waals surface area contributed by atoms with E-state index in [1.54, 1.807) is 0 Å². The Morgan fingerprint density at radius 3 is 2.89 bits per heavy atom. The summed E-state index contributed by atoms with van der Waals surface area (Å²) < 4.78 is 30.2. The highest BCUT2D eigenvalue weighted by molar-refractivity contribution is 7.89. The smallest absolute Gasteiger partial charge is 0.213 e. The van der Waals surface area contributed by atoms with Crippen LogP contribution in [0, 0.1) is 0 Å². The molecule has 2 N–H and O–H groups in total.